The normalized spacial score (nSPS) is 21.9. The van der Waals surface area contributed by atoms with Crippen molar-refractivity contribution in [2.75, 3.05) is 44.2 Å². The largest absolute Gasteiger partial charge is 0.503 e. The summed E-state index contributed by atoms with van der Waals surface area (Å²) >= 11 is 0. The van der Waals surface area contributed by atoms with Crippen LogP contribution in [-0.2, 0) is 26.7 Å². The molecule has 2 bridgehead atoms. The van der Waals surface area contributed by atoms with Crippen LogP contribution in [0.5, 0.6) is 5.75 Å². The smallest absolute Gasteiger partial charge is 0.250 e. The van der Waals surface area contributed by atoms with Gasteiger partial charge in [0.1, 0.15) is 5.82 Å². The van der Waals surface area contributed by atoms with E-state index in [1.165, 1.54) is 12.1 Å². The van der Waals surface area contributed by atoms with Crippen molar-refractivity contribution < 1.29 is 9.50 Å². The number of hydrogen-bond donors (Lipinski definition) is 1. The number of nitrogens with zero attached hydrogens (tertiary/aromatic N) is 5. The number of fused-ring (bicyclic) bond motifs is 4. The summed E-state index contributed by atoms with van der Waals surface area (Å²) in [5, 5.41) is 10.7. The monoisotopic (exact) mass is 519 g/mol. The van der Waals surface area contributed by atoms with Gasteiger partial charge < -0.3 is 19.1 Å². The molecule has 1 aromatic carbocycles. The van der Waals surface area contributed by atoms with Crippen LogP contribution < -0.4 is 15.9 Å². The molecular formula is C29H34FN5O3. The first-order valence-electron chi connectivity index (χ1n) is 13.4. The van der Waals surface area contributed by atoms with E-state index in [0.29, 0.717) is 30.6 Å². The maximum absolute atomic E-state index is 13.3. The first kappa shape index (κ1) is 24.9. The second-order valence-corrected chi connectivity index (χ2v) is 11.0. The molecule has 2 atom stereocenters. The Morgan fingerprint density at radius 3 is 2.45 bits per heavy atom. The standard InChI is InChI=1S/C29H34FN5O3/c1-31-24(18-33-15-20-13-21(17-33)25-3-2-4-28(37)35(25)16-20)14-27(36)29(38)26(31)19-32-9-11-34(12-10-32)23-7-5-22(30)6-8-23/h2-8,14,20-21,38H,9-13,15-19H2,1H3/t20-,21-/m0/s1. The second kappa shape index (κ2) is 10.0. The molecule has 2 aromatic heterocycles. The van der Waals surface area contributed by atoms with Gasteiger partial charge in [-0.2, -0.15) is 0 Å². The lowest BCUT2D eigenvalue weighted by molar-refractivity contribution is 0.112. The SMILES string of the molecule is Cn1c(CN2C[C@@H]3C[C@@H](C2)c2cccc(=O)n2C3)cc(=O)c(O)c1CN1CCN(c2ccc(F)cc2)CC1. The van der Waals surface area contributed by atoms with E-state index in [1.54, 1.807) is 24.3 Å². The van der Waals surface area contributed by atoms with E-state index in [0.717, 1.165) is 69.3 Å². The second-order valence-electron chi connectivity index (χ2n) is 11.0. The van der Waals surface area contributed by atoms with E-state index in [1.807, 2.05) is 22.2 Å². The maximum Gasteiger partial charge on any atom is 0.250 e. The van der Waals surface area contributed by atoms with E-state index >= 15 is 0 Å². The minimum atomic E-state index is -0.341. The highest BCUT2D eigenvalue weighted by molar-refractivity contribution is 5.46. The molecule has 2 fully saturated rings. The van der Waals surface area contributed by atoms with Gasteiger partial charge in [0.2, 0.25) is 5.43 Å². The molecule has 0 unspecified atom stereocenters. The topological polar surface area (TPSA) is 73.9 Å². The van der Waals surface area contributed by atoms with E-state index in [-0.39, 0.29) is 22.6 Å². The number of aromatic nitrogens is 2. The first-order chi connectivity index (χ1) is 18.4. The summed E-state index contributed by atoms with van der Waals surface area (Å²) < 4.78 is 17.2. The molecule has 0 aliphatic carbocycles. The molecule has 0 saturated carbocycles. The average molecular weight is 520 g/mol. The molecule has 1 N–H and O–H groups in total. The van der Waals surface area contributed by atoms with Crippen LogP contribution in [0.15, 0.2) is 58.1 Å². The lowest BCUT2D eigenvalue weighted by Crippen LogP contribution is -2.47. The van der Waals surface area contributed by atoms with Crippen molar-refractivity contribution in [2.45, 2.75) is 32.0 Å². The van der Waals surface area contributed by atoms with Gasteiger partial charge in [-0.3, -0.25) is 19.4 Å². The van der Waals surface area contributed by atoms with Crippen molar-refractivity contribution in [3.05, 3.63) is 92.0 Å². The number of piperidine rings is 1. The number of aromatic hydroxyl groups is 1. The fourth-order valence-electron chi connectivity index (χ4n) is 6.51. The van der Waals surface area contributed by atoms with Gasteiger partial charge in [0.25, 0.3) is 5.56 Å². The van der Waals surface area contributed by atoms with Gasteiger partial charge in [0, 0.05) is 101 Å². The number of piperazine rings is 1. The van der Waals surface area contributed by atoms with E-state index in [2.05, 4.69) is 20.8 Å². The number of benzene rings is 1. The highest BCUT2D eigenvalue weighted by Crippen LogP contribution is 2.35. The van der Waals surface area contributed by atoms with E-state index < -0.39 is 0 Å². The van der Waals surface area contributed by atoms with Crippen molar-refractivity contribution >= 4 is 5.69 Å². The summed E-state index contributed by atoms with van der Waals surface area (Å²) in [4.78, 5) is 32.0. The van der Waals surface area contributed by atoms with Crippen LogP contribution >= 0.6 is 0 Å². The number of hydrogen-bond acceptors (Lipinski definition) is 6. The van der Waals surface area contributed by atoms with Crippen LogP contribution in [0.25, 0.3) is 0 Å². The molecule has 8 nitrogen and oxygen atoms in total. The van der Waals surface area contributed by atoms with Gasteiger partial charge in [0.15, 0.2) is 5.75 Å². The zero-order valence-corrected chi connectivity index (χ0v) is 21.7. The molecule has 38 heavy (non-hydrogen) atoms. The fourth-order valence-corrected chi connectivity index (χ4v) is 6.51. The van der Waals surface area contributed by atoms with Crippen molar-refractivity contribution in [3.63, 3.8) is 0 Å². The van der Waals surface area contributed by atoms with Crippen LogP contribution in [0.1, 0.15) is 29.4 Å². The fraction of sp³-hybridized carbons (Fsp3) is 0.448. The third kappa shape index (κ3) is 4.76. The molecule has 3 aromatic rings. The Kier molecular flexibility index (Phi) is 6.57. The summed E-state index contributed by atoms with van der Waals surface area (Å²) in [7, 11) is 1.93. The van der Waals surface area contributed by atoms with Crippen LogP contribution in [0.3, 0.4) is 0 Å². The number of likely N-dealkylation sites (tertiary alicyclic amines) is 1. The summed E-state index contributed by atoms with van der Waals surface area (Å²) in [6.45, 7) is 6.73. The van der Waals surface area contributed by atoms with E-state index in [4.69, 9.17) is 0 Å². The average Bonchev–Trinajstić information content (AvgIpc) is 2.91. The predicted molar refractivity (Wildman–Crippen MR) is 144 cm³/mol. The van der Waals surface area contributed by atoms with Crippen LogP contribution in [0, 0.1) is 11.7 Å². The summed E-state index contributed by atoms with van der Waals surface area (Å²) in [6.07, 6.45) is 1.09. The molecule has 6 rings (SSSR count). The minimum Gasteiger partial charge on any atom is -0.503 e. The Labute approximate surface area is 221 Å². The third-order valence-corrected chi connectivity index (χ3v) is 8.52. The number of rotatable bonds is 5. The zero-order valence-electron chi connectivity index (χ0n) is 21.7. The van der Waals surface area contributed by atoms with Crippen molar-refractivity contribution in [1.82, 2.24) is 18.9 Å². The van der Waals surface area contributed by atoms with Crippen molar-refractivity contribution in [2.24, 2.45) is 13.0 Å². The zero-order chi connectivity index (χ0) is 26.4. The van der Waals surface area contributed by atoms with Crippen LogP contribution in [-0.4, -0.2) is 63.3 Å². The molecule has 5 heterocycles. The lowest BCUT2D eigenvalue weighted by atomic mass is 9.83. The molecule has 3 aliphatic rings. The third-order valence-electron chi connectivity index (χ3n) is 8.52. The van der Waals surface area contributed by atoms with Crippen molar-refractivity contribution in [3.8, 4) is 5.75 Å². The van der Waals surface area contributed by atoms with Crippen LogP contribution in [0.4, 0.5) is 10.1 Å². The molecule has 2 saturated heterocycles. The lowest BCUT2D eigenvalue weighted by Gasteiger charge is -2.43. The van der Waals surface area contributed by atoms with Gasteiger partial charge in [-0.05, 0) is 42.7 Å². The Bertz CT molecular complexity index is 1440. The van der Waals surface area contributed by atoms with Gasteiger partial charge in [-0.15, -0.1) is 0 Å². The minimum absolute atomic E-state index is 0.0784. The van der Waals surface area contributed by atoms with Gasteiger partial charge in [-0.25, -0.2) is 4.39 Å². The number of pyridine rings is 2. The van der Waals surface area contributed by atoms with E-state index in [9.17, 15) is 19.1 Å². The van der Waals surface area contributed by atoms with Gasteiger partial charge >= 0.3 is 0 Å². The Morgan fingerprint density at radius 2 is 1.68 bits per heavy atom. The molecular weight excluding hydrogens is 485 g/mol. The number of anilines is 1. The Hall–Kier alpha value is -3.43. The molecule has 3 aliphatic heterocycles. The van der Waals surface area contributed by atoms with Crippen LogP contribution in [0.2, 0.25) is 0 Å². The highest BCUT2D eigenvalue weighted by Gasteiger charge is 2.34. The summed E-state index contributed by atoms with van der Waals surface area (Å²) in [5.41, 5.74) is 3.37. The molecule has 0 amide bonds. The molecule has 0 spiro atoms. The molecule has 9 heteroatoms. The summed E-state index contributed by atoms with van der Waals surface area (Å²) in [6, 6.07) is 13.7. The first-order valence-corrected chi connectivity index (χ1v) is 13.4. The quantitative estimate of drug-likeness (QED) is 0.558. The van der Waals surface area contributed by atoms with Crippen molar-refractivity contribution in [1.29, 1.82) is 0 Å². The molecule has 0 radical (unpaired) electrons. The predicted octanol–water partition coefficient (Wildman–Crippen LogP) is 2.33. The molecule has 200 valence electrons. The summed E-state index contributed by atoms with van der Waals surface area (Å²) in [5.74, 6) is 0.299. The Balaban J connectivity index is 1.15. The number of halogens is 1. The van der Waals surface area contributed by atoms with Gasteiger partial charge in [0.05, 0.1) is 5.69 Å². The highest BCUT2D eigenvalue weighted by atomic mass is 19.1. The van der Waals surface area contributed by atoms with Gasteiger partial charge in [-0.1, -0.05) is 6.07 Å². The Morgan fingerprint density at radius 1 is 0.921 bits per heavy atom. The maximum atomic E-state index is 13.3.